The number of carbonyl (C=O) groups is 3. The van der Waals surface area contributed by atoms with Crippen LogP contribution in [0.1, 0.15) is 0 Å². The van der Waals surface area contributed by atoms with Gasteiger partial charge in [-0.25, -0.2) is 15.0 Å². The van der Waals surface area contributed by atoms with Crippen LogP contribution in [-0.2, 0) is 28.6 Å². The van der Waals surface area contributed by atoms with E-state index in [1.54, 1.807) is 0 Å². The van der Waals surface area contributed by atoms with E-state index in [-0.39, 0.29) is 0 Å². The molecule has 0 fully saturated rings. The molecule has 2 N–H and O–H groups in total. The molecular weight excluding hydrogens is 244 g/mol. The average molecular weight is 260 g/mol. The number of carbonyl (C=O) groups excluding carboxylic acids is 3. The lowest BCUT2D eigenvalue weighted by atomic mass is 10.5. The molecular formula is C10H16N2O6. The van der Waals surface area contributed by atoms with E-state index in [1.165, 1.54) is 14.2 Å². The lowest BCUT2D eigenvalue weighted by Gasteiger charge is -2.06. The maximum atomic E-state index is 11.1. The van der Waals surface area contributed by atoms with Crippen LogP contribution in [0.15, 0.2) is 12.2 Å². The molecule has 0 aromatic carbocycles. The predicted octanol–water partition coefficient (Wildman–Crippen LogP) is -1.47. The molecule has 0 radical (unpaired) electrons. The number of hydrogen-bond donors (Lipinski definition) is 2. The van der Waals surface area contributed by atoms with Crippen molar-refractivity contribution in [1.29, 1.82) is 0 Å². The number of methoxy groups -OCH3 is 2. The summed E-state index contributed by atoms with van der Waals surface area (Å²) in [6, 6.07) is 0. The molecule has 8 nitrogen and oxygen atoms in total. The lowest BCUT2D eigenvalue weighted by Crippen LogP contribution is -2.41. The van der Waals surface area contributed by atoms with E-state index < -0.39 is 24.5 Å². The van der Waals surface area contributed by atoms with Crippen LogP contribution in [0.4, 0.5) is 0 Å². The van der Waals surface area contributed by atoms with E-state index in [1.807, 2.05) is 0 Å². The molecule has 0 saturated heterocycles. The Morgan fingerprint density at radius 2 is 1.78 bits per heavy atom. The second-order valence-corrected chi connectivity index (χ2v) is 2.93. The van der Waals surface area contributed by atoms with Crippen LogP contribution in [0.25, 0.3) is 0 Å². The van der Waals surface area contributed by atoms with E-state index in [4.69, 9.17) is 4.74 Å². The Morgan fingerprint density at radius 1 is 1.11 bits per heavy atom. The minimum absolute atomic E-state index is 0.429. The third kappa shape index (κ3) is 9.31. The molecule has 0 aliphatic rings. The van der Waals surface area contributed by atoms with Gasteiger partial charge in [0.15, 0.2) is 6.61 Å². The molecule has 0 atom stereocenters. The van der Waals surface area contributed by atoms with Crippen molar-refractivity contribution in [3.63, 3.8) is 0 Å². The van der Waals surface area contributed by atoms with Gasteiger partial charge in [0, 0.05) is 25.8 Å². The van der Waals surface area contributed by atoms with Gasteiger partial charge in [-0.2, -0.15) is 0 Å². The first-order valence-corrected chi connectivity index (χ1v) is 5.03. The van der Waals surface area contributed by atoms with Crippen LogP contribution in [0.5, 0.6) is 0 Å². The fourth-order valence-corrected chi connectivity index (χ4v) is 0.739. The highest BCUT2D eigenvalue weighted by Crippen LogP contribution is 1.84. The SMILES string of the molecule is COCCNNC(=O)COC(=O)/C=C/C(=O)OC. The summed E-state index contributed by atoms with van der Waals surface area (Å²) in [7, 11) is 2.70. The molecule has 0 aliphatic carbocycles. The predicted molar refractivity (Wildman–Crippen MR) is 60.1 cm³/mol. The Balaban J connectivity index is 3.68. The van der Waals surface area contributed by atoms with Gasteiger partial charge in [-0.1, -0.05) is 0 Å². The molecule has 0 rings (SSSR count). The molecule has 0 aliphatic heterocycles. The summed E-state index contributed by atoms with van der Waals surface area (Å²) in [6.45, 7) is 0.407. The zero-order valence-electron chi connectivity index (χ0n) is 10.2. The zero-order valence-corrected chi connectivity index (χ0v) is 10.2. The van der Waals surface area contributed by atoms with Crippen molar-refractivity contribution >= 4 is 17.8 Å². The van der Waals surface area contributed by atoms with Crippen molar-refractivity contribution < 1.29 is 28.6 Å². The number of ether oxygens (including phenoxy) is 3. The molecule has 102 valence electrons. The van der Waals surface area contributed by atoms with E-state index in [9.17, 15) is 14.4 Å². The highest BCUT2D eigenvalue weighted by molar-refractivity contribution is 5.92. The first-order valence-electron chi connectivity index (χ1n) is 5.03. The highest BCUT2D eigenvalue weighted by Gasteiger charge is 2.04. The van der Waals surface area contributed by atoms with Crippen LogP contribution in [0.2, 0.25) is 0 Å². The molecule has 0 bridgehead atoms. The van der Waals surface area contributed by atoms with Gasteiger partial charge >= 0.3 is 11.9 Å². The molecule has 18 heavy (non-hydrogen) atoms. The third-order valence-corrected chi connectivity index (χ3v) is 1.56. The van der Waals surface area contributed by atoms with Gasteiger partial charge in [0.2, 0.25) is 0 Å². The van der Waals surface area contributed by atoms with E-state index in [0.29, 0.717) is 13.2 Å². The van der Waals surface area contributed by atoms with Crippen LogP contribution in [0, 0.1) is 0 Å². The first-order chi connectivity index (χ1) is 8.60. The normalized spacial score (nSPS) is 10.1. The molecule has 8 heteroatoms. The van der Waals surface area contributed by atoms with E-state index in [2.05, 4.69) is 20.3 Å². The average Bonchev–Trinajstić information content (AvgIpc) is 2.38. The summed E-state index contributed by atoms with van der Waals surface area (Å²) < 4.78 is 13.5. The highest BCUT2D eigenvalue weighted by atomic mass is 16.5. The second kappa shape index (κ2) is 10.2. The fraction of sp³-hybridized carbons (Fsp3) is 0.500. The molecule has 0 heterocycles. The number of hydrogen-bond acceptors (Lipinski definition) is 7. The number of nitrogens with one attached hydrogen (secondary N) is 2. The maximum Gasteiger partial charge on any atom is 0.331 e. The van der Waals surface area contributed by atoms with Gasteiger partial charge in [0.05, 0.1) is 13.7 Å². The van der Waals surface area contributed by atoms with Crippen LogP contribution >= 0.6 is 0 Å². The monoisotopic (exact) mass is 260 g/mol. The molecule has 0 aromatic heterocycles. The van der Waals surface area contributed by atoms with Crippen molar-refractivity contribution in [3.05, 3.63) is 12.2 Å². The van der Waals surface area contributed by atoms with Crippen LogP contribution in [-0.4, -0.2) is 51.8 Å². The van der Waals surface area contributed by atoms with Gasteiger partial charge in [-0.3, -0.25) is 10.2 Å². The summed E-state index contributed by atoms with van der Waals surface area (Å²) in [5, 5.41) is 0. The number of hydrazine groups is 1. The van der Waals surface area contributed by atoms with Gasteiger partial charge in [-0.15, -0.1) is 0 Å². The summed E-state index contributed by atoms with van der Waals surface area (Å²) in [5.41, 5.74) is 4.85. The topological polar surface area (TPSA) is 103 Å². The second-order valence-electron chi connectivity index (χ2n) is 2.93. The first kappa shape index (κ1) is 16.1. The molecule has 0 unspecified atom stereocenters. The Kier molecular flexibility index (Phi) is 9.14. The number of amides is 1. The molecule has 0 saturated carbocycles. The van der Waals surface area contributed by atoms with E-state index in [0.717, 1.165) is 12.2 Å². The third-order valence-electron chi connectivity index (χ3n) is 1.56. The smallest absolute Gasteiger partial charge is 0.331 e. The van der Waals surface area contributed by atoms with Gasteiger partial charge in [0.25, 0.3) is 5.91 Å². The van der Waals surface area contributed by atoms with Crippen molar-refractivity contribution in [2.24, 2.45) is 0 Å². The fourth-order valence-electron chi connectivity index (χ4n) is 0.739. The summed E-state index contributed by atoms with van der Waals surface area (Å²) in [6.07, 6.45) is 1.77. The summed E-state index contributed by atoms with van der Waals surface area (Å²) >= 11 is 0. The Labute approximate surface area is 104 Å². The van der Waals surface area contributed by atoms with Crippen LogP contribution in [0.3, 0.4) is 0 Å². The van der Waals surface area contributed by atoms with Crippen molar-refractivity contribution in [3.8, 4) is 0 Å². The van der Waals surface area contributed by atoms with E-state index >= 15 is 0 Å². The van der Waals surface area contributed by atoms with Crippen LogP contribution < -0.4 is 10.9 Å². The summed E-state index contributed by atoms with van der Waals surface area (Å²) in [5.74, 6) is -2.02. The van der Waals surface area contributed by atoms with Crippen molar-refractivity contribution in [2.45, 2.75) is 0 Å². The van der Waals surface area contributed by atoms with Gasteiger partial charge in [-0.05, 0) is 0 Å². The quantitative estimate of drug-likeness (QED) is 0.237. The lowest BCUT2D eigenvalue weighted by molar-refractivity contribution is -0.144. The largest absolute Gasteiger partial charge is 0.466 e. The molecule has 0 aromatic rings. The van der Waals surface area contributed by atoms with Gasteiger partial charge < -0.3 is 14.2 Å². The van der Waals surface area contributed by atoms with Crippen molar-refractivity contribution in [1.82, 2.24) is 10.9 Å². The summed E-state index contributed by atoms with van der Waals surface area (Å²) in [4.78, 5) is 32.7. The van der Waals surface area contributed by atoms with Gasteiger partial charge in [0.1, 0.15) is 0 Å². The Hall–Kier alpha value is -1.93. The van der Waals surface area contributed by atoms with Crippen molar-refractivity contribution in [2.75, 3.05) is 34.0 Å². The minimum atomic E-state index is -0.813. The zero-order chi connectivity index (χ0) is 13.8. The minimum Gasteiger partial charge on any atom is -0.466 e. The maximum absolute atomic E-state index is 11.1. The standard InChI is InChI=1S/C10H16N2O6/c1-16-6-5-11-12-8(13)7-18-10(15)4-3-9(14)17-2/h3-4,11H,5-7H2,1-2H3,(H,12,13)/b4-3+. The molecule has 1 amide bonds. The Bertz CT molecular complexity index is 315. The Morgan fingerprint density at radius 3 is 2.39 bits per heavy atom. The number of rotatable bonds is 8. The molecule has 0 spiro atoms. The number of esters is 2.